The van der Waals surface area contributed by atoms with Gasteiger partial charge in [0.2, 0.25) is 11.7 Å². The summed E-state index contributed by atoms with van der Waals surface area (Å²) in [5.74, 6) is 1.23. The highest BCUT2D eigenvalue weighted by Crippen LogP contribution is 2.42. The lowest BCUT2D eigenvalue weighted by atomic mass is 9.74. The lowest BCUT2D eigenvalue weighted by Gasteiger charge is -2.38. The predicted molar refractivity (Wildman–Crippen MR) is 127 cm³/mol. The van der Waals surface area contributed by atoms with Crippen LogP contribution in [0.5, 0.6) is 0 Å². The van der Waals surface area contributed by atoms with Crippen molar-refractivity contribution in [2.45, 2.75) is 38.1 Å². The lowest BCUT2D eigenvalue weighted by molar-refractivity contribution is 0.247. The van der Waals surface area contributed by atoms with Gasteiger partial charge in [-0.25, -0.2) is 4.98 Å². The number of hydrogen-bond donors (Lipinski definition) is 3. The van der Waals surface area contributed by atoms with Gasteiger partial charge in [0.15, 0.2) is 0 Å². The Bertz CT molecular complexity index is 1230. The van der Waals surface area contributed by atoms with E-state index in [9.17, 15) is 0 Å². The van der Waals surface area contributed by atoms with Gasteiger partial charge in [-0.3, -0.25) is 0 Å². The maximum atomic E-state index is 9.12. The van der Waals surface area contributed by atoms with Gasteiger partial charge >= 0.3 is 0 Å². The number of anilines is 1. The first-order valence-electron chi connectivity index (χ1n) is 11.2. The number of rotatable bonds is 7. The van der Waals surface area contributed by atoms with Crippen LogP contribution >= 0.6 is 0 Å². The highest BCUT2D eigenvalue weighted by molar-refractivity contribution is 6.01. The molecule has 1 aliphatic carbocycles. The Hall–Kier alpha value is -3.22. The summed E-state index contributed by atoms with van der Waals surface area (Å²) in [6.07, 6.45) is 4.33. The molecule has 0 radical (unpaired) electrons. The van der Waals surface area contributed by atoms with Crippen LogP contribution in [0.25, 0.3) is 33.6 Å². The van der Waals surface area contributed by atoms with Gasteiger partial charge < -0.3 is 20.6 Å². The third kappa shape index (κ3) is 3.87. The van der Waals surface area contributed by atoms with Gasteiger partial charge in [0.05, 0.1) is 17.7 Å². The molecule has 0 atom stereocenters. The van der Waals surface area contributed by atoms with Crippen LogP contribution < -0.4 is 11.1 Å². The van der Waals surface area contributed by atoms with Gasteiger partial charge in [-0.2, -0.15) is 4.98 Å². The van der Waals surface area contributed by atoms with Crippen molar-refractivity contribution in [2.75, 3.05) is 18.5 Å². The number of nitrogens with zero attached hydrogens (tertiary/aromatic N) is 2. The molecule has 0 aliphatic heterocycles. The molecule has 2 aromatic heterocycles. The molecule has 164 valence electrons. The Labute approximate surface area is 187 Å². The first-order valence-corrected chi connectivity index (χ1v) is 11.2. The molecular weight excluding hydrogens is 400 g/mol. The van der Waals surface area contributed by atoms with Crippen molar-refractivity contribution in [3.05, 3.63) is 65.9 Å². The van der Waals surface area contributed by atoms with Crippen molar-refractivity contribution in [1.29, 1.82) is 0 Å². The minimum Gasteiger partial charge on any atom is -0.437 e. The zero-order chi connectivity index (χ0) is 22.1. The summed E-state index contributed by atoms with van der Waals surface area (Å²) in [5.41, 5.74) is 12.1. The molecule has 5 rings (SSSR count). The summed E-state index contributed by atoms with van der Waals surface area (Å²) in [6.45, 7) is 2.35. The van der Waals surface area contributed by atoms with Gasteiger partial charge in [0.1, 0.15) is 5.76 Å². The van der Waals surface area contributed by atoms with Crippen molar-refractivity contribution in [3.63, 3.8) is 0 Å². The summed E-state index contributed by atoms with van der Waals surface area (Å²) >= 11 is 0. The topological polar surface area (TPSA) is 97.2 Å². The van der Waals surface area contributed by atoms with Crippen molar-refractivity contribution in [3.8, 4) is 22.5 Å². The molecule has 0 unspecified atom stereocenters. The van der Waals surface area contributed by atoms with E-state index >= 15 is 0 Å². The number of aromatic nitrogens is 2. The van der Waals surface area contributed by atoms with E-state index in [1.807, 2.05) is 25.1 Å². The first-order chi connectivity index (χ1) is 15.6. The molecule has 1 aliphatic rings. The molecule has 0 spiro atoms. The molecule has 1 fully saturated rings. The minimum absolute atomic E-state index is 0.00947. The third-order valence-electron chi connectivity index (χ3n) is 6.31. The highest BCUT2D eigenvalue weighted by atomic mass is 16.3. The molecule has 4 N–H and O–H groups in total. The molecule has 0 saturated heterocycles. The van der Waals surface area contributed by atoms with E-state index < -0.39 is 0 Å². The second-order valence-corrected chi connectivity index (χ2v) is 8.72. The predicted octanol–water partition coefficient (Wildman–Crippen LogP) is 4.69. The summed E-state index contributed by atoms with van der Waals surface area (Å²) < 4.78 is 6.34. The second-order valence-electron chi connectivity index (χ2n) is 8.72. The summed E-state index contributed by atoms with van der Waals surface area (Å²) in [4.78, 5) is 9.17. The monoisotopic (exact) mass is 428 g/mol. The summed E-state index contributed by atoms with van der Waals surface area (Å²) in [6, 6.07) is 18.7. The number of furan rings is 1. The molecular formula is C26H28N4O2. The Kier molecular flexibility index (Phi) is 5.41. The molecule has 2 heterocycles. The van der Waals surface area contributed by atoms with E-state index in [2.05, 4.69) is 51.7 Å². The van der Waals surface area contributed by atoms with E-state index in [-0.39, 0.29) is 12.1 Å². The lowest BCUT2D eigenvalue weighted by Crippen LogP contribution is -2.48. The van der Waals surface area contributed by atoms with Crippen LogP contribution in [-0.2, 0) is 6.42 Å². The Morgan fingerprint density at radius 2 is 1.78 bits per heavy atom. The van der Waals surface area contributed by atoms with Crippen LogP contribution in [0.3, 0.4) is 0 Å². The number of fused-ring (bicyclic) bond motifs is 1. The van der Waals surface area contributed by atoms with E-state index in [1.165, 1.54) is 12.0 Å². The highest BCUT2D eigenvalue weighted by Gasteiger charge is 2.32. The van der Waals surface area contributed by atoms with Crippen molar-refractivity contribution >= 4 is 17.0 Å². The molecule has 0 amide bonds. The van der Waals surface area contributed by atoms with Gasteiger partial charge in [0, 0.05) is 23.2 Å². The quantitative estimate of drug-likeness (QED) is 0.395. The zero-order valence-electron chi connectivity index (χ0n) is 18.3. The maximum Gasteiger partial charge on any atom is 0.232 e. The van der Waals surface area contributed by atoms with Gasteiger partial charge in [-0.15, -0.1) is 0 Å². The maximum absolute atomic E-state index is 9.12. The SMILES string of the molecule is Cc1nc(NCCO)nc2oc(-c3ccc(CC4(N)CCC4)cc3)c(-c3ccccc3)c12. The average Bonchev–Trinajstić information content (AvgIpc) is 3.18. The van der Waals surface area contributed by atoms with Gasteiger partial charge in [-0.05, 0) is 43.7 Å². The van der Waals surface area contributed by atoms with E-state index in [0.29, 0.717) is 18.2 Å². The van der Waals surface area contributed by atoms with Gasteiger partial charge in [-0.1, -0.05) is 54.6 Å². The summed E-state index contributed by atoms with van der Waals surface area (Å²) in [5, 5.41) is 13.1. The average molecular weight is 429 g/mol. The van der Waals surface area contributed by atoms with Crippen molar-refractivity contribution in [2.24, 2.45) is 5.73 Å². The minimum atomic E-state index is -0.0409. The molecule has 6 nitrogen and oxygen atoms in total. The number of aliphatic hydroxyl groups excluding tert-OH is 1. The van der Waals surface area contributed by atoms with Crippen LogP contribution in [0.1, 0.15) is 30.5 Å². The number of hydrogen-bond acceptors (Lipinski definition) is 6. The number of benzene rings is 2. The molecule has 4 aromatic rings. The fraction of sp³-hybridized carbons (Fsp3) is 0.308. The van der Waals surface area contributed by atoms with Crippen LogP contribution in [0.4, 0.5) is 5.95 Å². The molecule has 6 heteroatoms. The van der Waals surface area contributed by atoms with Crippen LogP contribution in [0.2, 0.25) is 0 Å². The zero-order valence-corrected chi connectivity index (χ0v) is 18.3. The number of nitrogens with two attached hydrogens (primary N) is 1. The molecule has 2 aromatic carbocycles. The van der Waals surface area contributed by atoms with Crippen LogP contribution in [-0.4, -0.2) is 33.8 Å². The number of aryl methyl sites for hydroxylation is 1. The third-order valence-corrected chi connectivity index (χ3v) is 6.31. The van der Waals surface area contributed by atoms with Crippen LogP contribution in [0, 0.1) is 6.92 Å². The summed E-state index contributed by atoms with van der Waals surface area (Å²) in [7, 11) is 0. The fourth-order valence-corrected chi connectivity index (χ4v) is 4.49. The molecule has 32 heavy (non-hydrogen) atoms. The number of aliphatic hydroxyl groups is 1. The Balaban J connectivity index is 1.60. The second kappa shape index (κ2) is 8.37. The Morgan fingerprint density at radius 3 is 2.44 bits per heavy atom. The standard InChI is InChI=1S/C26H28N4O2/c1-17-21-22(19-6-3-2-4-7-19)23(32-24(21)30-25(29-17)28-14-15-31)20-10-8-18(9-11-20)16-26(27)12-5-13-26/h2-4,6-11,31H,5,12-16,27H2,1H3,(H,28,29,30). The van der Waals surface area contributed by atoms with Gasteiger partial charge in [0.25, 0.3) is 0 Å². The molecule has 1 saturated carbocycles. The number of nitrogens with one attached hydrogen (secondary N) is 1. The normalized spacial score (nSPS) is 15.0. The fourth-order valence-electron chi connectivity index (χ4n) is 4.49. The first kappa shape index (κ1) is 20.7. The van der Waals surface area contributed by atoms with Crippen molar-refractivity contribution < 1.29 is 9.52 Å². The molecule has 0 bridgehead atoms. The van der Waals surface area contributed by atoms with E-state index in [0.717, 1.165) is 52.8 Å². The van der Waals surface area contributed by atoms with Crippen molar-refractivity contribution in [1.82, 2.24) is 9.97 Å². The van der Waals surface area contributed by atoms with Crippen LogP contribution in [0.15, 0.2) is 59.0 Å². The van der Waals surface area contributed by atoms with E-state index in [4.69, 9.17) is 15.3 Å². The largest absolute Gasteiger partial charge is 0.437 e. The smallest absolute Gasteiger partial charge is 0.232 e. The Morgan fingerprint density at radius 1 is 1.03 bits per heavy atom. The van der Waals surface area contributed by atoms with E-state index in [1.54, 1.807) is 0 Å².